The van der Waals surface area contributed by atoms with Crippen LogP contribution in [-0.4, -0.2) is 19.6 Å². The number of nitrogens with zero attached hydrogens (tertiary/aromatic N) is 1. The first-order valence-corrected chi connectivity index (χ1v) is 10.1. The van der Waals surface area contributed by atoms with Gasteiger partial charge in [-0.1, -0.05) is 24.3 Å². The molecular weight excluding hydrogens is 409 g/mol. The van der Waals surface area contributed by atoms with Crippen molar-refractivity contribution in [3.05, 3.63) is 89.2 Å². The minimum absolute atomic E-state index is 0.0164. The minimum Gasteiger partial charge on any atom is -0.497 e. The van der Waals surface area contributed by atoms with Crippen LogP contribution in [0.1, 0.15) is 23.6 Å². The first kappa shape index (κ1) is 22.8. The number of hydrogen-bond donors (Lipinski definition) is 2. The Bertz CT molecular complexity index is 1140. The largest absolute Gasteiger partial charge is 0.497 e. The van der Waals surface area contributed by atoms with Gasteiger partial charge in [-0.05, 0) is 48.9 Å². The van der Waals surface area contributed by atoms with Crippen LogP contribution in [-0.2, 0) is 21.6 Å². The summed E-state index contributed by atoms with van der Waals surface area (Å²) in [6.45, 7) is 1.84. The Morgan fingerprint density at radius 2 is 1.91 bits per heavy atom. The van der Waals surface area contributed by atoms with E-state index in [9.17, 15) is 10.1 Å². The standard InChI is InChI=1S/C25H24FN3O3/c1-3-32-25(24(28)30,21-12-11-20(31-2)14-22(21)26)15-18-10-9-17(16-27)13-23(18)29-19-7-5-4-6-8-19/h4-14,29H,3,15H2,1-2H3,(H2,28,30). The molecular formula is C25H24FN3O3. The van der Waals surface area contributed by atoms with Gasteiger partial charge in [0, 0.05) is 36.0 Å². The molecule has 0 spiro atoms. The first-order valence-electron chi connectivity index (χ1n) is 10.1. The van der Waals surface area contributed by atoms with Crippen molar-refractivity contribution in [3.63, 3.8) is 0 Å². The van der Waals surface area contributed by atoms with Crippen molar-refractivity contribution in [2.45, 2.75) is 18.9 Å². The zero-order valence-corrected chi connectivity index (χ0v) is 17.9. The van der Waals surface area contributed by atoms with E-state index in [1.165, 1.54) is 19.2 Å². The van der Waals surface area contributed by atoms with Crippen LogP contribution in [0.2, 0.25) is 0 Å². The highest BCUT2D eigenvalue weighted by Crippen LogP contribution is 2.36. The van der Waals surface area contributed by atoms with E-state index in [0.29, 0.717) is 22.6 Å². The third-order valence-electron chi connectivity index (χ3n) is 5.13. The maximum Gasteiger partial charge on any atom is 0.254 e. The molecule has 0 fully saturated rings. The van der Waals surface area contributed by atoms with Crippen LogP contribution >= 0.6 is 0 Å². The molecule has 3 aromatic carbocycles. The number of methoxy groups -OCH3 is 1. The number of halogens is 1. The number of carbonyl (C=O) groups excluding carboxylic acids is 1. The monoisotopic (exact) mass is 433 g/mol. The van der Waals surface area contributed by atoms with Gasteiger partial charge in [-0.3, -0.25) is 4.79 Å². The summed E-state index contributed by atoms with van der Waals surface area (Å²) in [4.78, 5) is 12.7. The molecule has 1 unspecified atom stereocenters. The lowest BCUT2D eigenvalue weighted by molar-refractivity contribution is -0.145. The first-order chi connectivity index (χ1) is 15.4. The van der Waals surface area contributed by atoms with Crippen molar-refractivity contribution in [1.82, 2.24) is 0 Å². The minimum atomic E-state index is -1.76. The molecule has 3 rings (SSSR count). The molecule has 0 saturated heterocycles. The fourth-order valence-electron chi connectivity index (χ4n) is 3.57. The topological polar surface area (TPSA) is 97.4 Å². The highest BCUT2D eigenvalue weighted by Gasteiger charge is 2.42. The average molecular weight is 433 g/mol. The van der Waals surface area contributed by atoms with Gasteiger partial charge >= 0.3 is 0 Å². The molecule has 32 heavy (non-hydrogen) atoms. The van der Waals surface area contributed by atoms with E-state index in [1.807, 2.05) is 30.3 Å². The second-order valence-electron chi connectivity index (χ2n) is 7.12. The van der Waals surface area contributed by atoms with Gasteiger partial charge < -0.3 is 20.5 Å². The summed E-state index contributed by atoms with van der Waals surface area (Å²) < 4.78 is 26.0. The molecule has 1 amide bonds. The van der Waals surface area contributed by atoms with Crippen molar-refractivity contribution in [1.29, 1.82) is 5.26 Å². The second kappa shape index (κ2) is 9.94. The van der Waals surface area contributed by atoms with Crippen LogP contribution < -0.4 is 15.8 Å². The Morgan fingerprint density at radius 3 is 2.50 bits per heavy atom. The van der Waals surface area contributed by atoms with Crippen LogP contribution in [0, 0.1) is 17.1 Å². The predicted molar refractivity (Wildman–Crippen MR) is 120 cm³/mol. The molecule has 0 bridgehead atoms. The van der Waals surface area contributed by atoms with Crippen molar-refractivity contribution < 1.29 is 18.7 Å². The van der Waals surface area contributed by atoms with E-state index < -0.39 is 17.3 Å². The highest BCUT2D eigenvalue weighted by molar-refractivity contribution is 5.86. The molecule has 0 radical (unpaired) electrons. The number of benzene rings is 3. The number of ether oxygens (including phenoxy) is 2. The maximum absolute atomic E-state index is 15.1. The van der Waals surface area contributed by atoms with E-state index in [2.05, 4.69) is 11.4 Å². The van der Waals surface area contributed by atoms with Crippen LogP contribution in [0.25, 0.3) is 0 Å². The number of rotatable bonds is 9. The van der Waals surface area contributed by atoms with Crippen molar-refractivity contribution >= 4 is 17.3 Å². The Balaban J connectivity index is 2.12. The summed E-state index contributed by atoms with van der Waals surface area (Å²) >= 11 is 0. The fourth-order valence-corrected chi connectivity index (χ4v) is 3.57. The Hall–Kier alpha value is -3.89. The number of nitrogens with two attached hydrogens (primary N) is 1. The zero-order chi connectivity index (χ0) is 23.1. The van der Waals surface area contributed by atoms with Gasteiger partial charge in [0.2, 0.25) is 0 Å². The smallest absolute Gasteiger partial charge is 0.254 e. The van der Waals surface area contributed by atoms with Gasteiger partial charge in [-0.2, -0.15) is 5.26 Å². The molecule has 0 aromatic heterocycles. The molecule has 6 nitrogen and oxygen atoms in total. The van der Waals surface area contributed by atoms with E-state index in [1.54, 1.807) is 31.2 Å². The number of anilines is 2. The van der Waals surface area contributed by atoms with Crippen LogP contribution in [0.15, 0.2) is 66.7 Å². The summed E-state index contributed by atoms with van der Waals surface area (Å²) in [5, 5.41) is 12.6. The van der Waals surface area contributed by atoms with Gasteiger partial charge in [-0.15, -0.1) is 0 Å². The number of amides is 1. The van der Waals surface area contributed by atoms with Gasteiger partial charge in [0.1, 0.15) is 11.6 Å². The number of hydrogen-bond acceptors (Lipinski definition) is 5. The number of primary amides is 1. The quantitative estimate of drug-likeness (QED) is 0.521. The second-order valence-corrected chi connectivity index (χ2v) is 7.12. The lowest BCUT2D eigenvalue weighted by Crippen LogP contribution is -2.46. The van der Waals surface area contributed by atoms with Crippen molar-refractivity contribution in [2.24, 2.45) is 5.73 Å². The molecule has 7 heteroatoms. The molecule has 0 aliphatic heterocycles. The van der Waals surface area contributed by atoms with Crippen molar-refractivity contribution in [3.8, 4) is 11.8 Å². The molecule has 3 aromatic rings. The van der Waals surface area contributed by atoms with Gasteiger partial charge in [0.05, 0.1) is 18.7 Å². The van der Waals surface area contributed by atoms with Gasteiger partial charge in [0.25, 0.3) is 5.91 Å². The van der Waals surface area contributed by atoms with E-state index >= 15 is 4.39 Å². The summed E-state index contributed by atoms with van der Waals surface area (Å²) in [7, 11) is 1.43. The summed E-state index contributed by atoms with van der Waals surface area (Å²) in [5.41, 5.74) is 6.51. The maximum atomic E-state index is 15.1. The van der Waals surface area contributed by atoms with E-state index in [4.69, 9.17) is 15.2 Å². The molecule has 1 atom stereocenters. The van der Waals surface area contributed by atoms with Crippen LogP contribution in [0.3, 0.4) is 0 Å². The molecule has 0 aliphatic carbocycles. The predicted octanol–water partition coefficient (Wildman–Crippen LogP) is 4.41. The lowest BCUT2D eigenvalue weighted by Gasteiger charge is -2.32. The zero-order valence-electron chi connectivity index (χ0n) is 17.9. The summed E-state index contributed by atoms with van der Waals surface area (Å²) in [6, 6.07) is 20.7. The number of nitriles is 1. The van der Waals surface area contributed by atoms with Crippen LogP contribution in [0.4, 0.5) is 15.8 Å². The number of nitrogens with one attached hydrogen (secondary N) is 1. The van der Waals surface area contributed by atoms with Gasteiger partial charge in [-0.25, -0.2) is 4.39 Å². The summed E-state index contributed by atoms with van der Waals surface area (Å²) in [6.07, 6.45) is -0.0414. The fraction of sp³-hybridized carbons (Fsp3) is 0.200. The van der Waals surface area contributed by atoms with E-state index in [0.717, 1.165) is 5.69 Å². The van der Waals surface area contributed by atoms with Gasteiger partial charge in [0.15, 0.2) is 5.60 Å². The number of para-hydroxylation sites is 1. The SMILES string of the molecule is CCOC(Cc1ccc(C#N)cc1Nc1ccccc1)(C(N)=O)c1ccc(OC)cc1F. The third-order valence-corrected chi connectivity index (χ3v) is 5.13. The number of carbonyl (C=O) groups is 1. The van der Waals surface area contributed by atoms with E-state index in [-0.39, 0.29) is 18.6 Å². The average Bonchev–Trinajstić information content (AvgIpc) is 2.80. The van der Waals surface area contributed by atoms with Crippen LogP contribution in [0.5, 0.6) is 5.75 Å². The third kappa shape index (κ3) is 4.71. The van der Waals surface area contributed by atoms with Crippen molar-refractivity contribution in [2.75, 3.05) is 19.0 Å². The molecule has 164 valence electrons. The highest BCUT2D eigenvalue weighted by atomic mass is 19.1. The Labute approximate surface area is 186 Å². The summed E-state index contributed by atoms with van der Waals surface area (Å²) in [5.74, 6) is -1.17. The normalized spacial score (nSPS) is 12.4. The molecule has 0 heterocycles. The Kier molecular flexibility index (Phi) is 7.08. The molecule has 3 N–H and O–H groups in total. The lowest BCUT2D eigenvalue weighted by atomic mass is 9.84. The molecule has 0 saturated carbocycles. The Morgan fingerprint density at radius 1 is 1.16 bits per heavy atom. The molecule has 0 aliphatic rings.